The molecule has 5 rings (SSSR count). The maximum atomic E-state index is 12.3. The lowest BCUT2D eigenvalue weighted by Gasteiger charge is -2.52. The molecule has 3 fully saturated rings. The second-order valence-electron chi connectivity index (χ2n) is 8.12. The van der Waals surface area contributed by atoms with Crippen LogP contribution in [-0.4, -0.2) is 50.8 Å². The first-order valence-electron chi connectivity index (χ1n) is 9.63. The van der Waals surface area contributed by atoms with E-state index in [1.807, 2.05) is 0 Å². The zero-order valence-corrected chi connectivity index (χ0v) is 14.9. The zero-order valence-electron chi connectivity index (χ0n) is 14.9. The summed E-state index contributed by atoms with van der Waals surface area (Å²) < 4.78 is 2.18. The van der Waals surface area contributed by atoms with Gasteiger partial charge in [-0.25, -0.2) is 4.98 Å². The highest BCUT2D eigenvalue weighted by Gasteiger charge is 2.43. The van der Waals surface area contributed by atoms with Gasteiger partial charge < -0.3 is 9.30 Å². The molecule has 3 atom stereocenters. The monoisotopic (exact) mass is 338 g/mol. The van der Waals surface area contributed by atoms with Crippen molar-refractivity contribution in [1.29, 1.82) is 0 Å². The predicted octanol–water partition coefficient (Wildman–Crippen LogP) is 2.48. The molecule has 1 amide bonds. The first-order chi connectivity index (χ1) is 12.2. The van der Waals surface area contributed by atoms with E-state index in [0.717, 1.165) is 44.8 Å². The van der Waals surface area contributed by atoms with Gasteiger partial charge in [0.15, 0.2) is 0 Å². The van der Waals surface area contributed by atoms with Gasteiger partial charge in [0.2, 0.25) is 5.91 Å². The van der Waals surface area contributed by atoms with Gasteiger partial charge in [-0.05, 0) is 50.2 Å². The van der Waals surface area contributed by atoms with E-state index in [2.05, 4.69) is 45.5 Å². The minimum Gasteiger partial charge on any atom is -0.339 e. The largest absolute Gasteiger partial charge is 0.339 e. The molecule has 0 N–H and O–H groups in total. The molecule has 0 aromatic carbocycles. The summed E-state index contributed by atoms with van der Waals surface area (Å²) in [5.74, 6) is 2.74. The summed E-state index contributed by atoms with van der Waals surface area (Å²) in [5, 5.41) is 0. The van der Waals surface area contributed by atoms with Crippen molar-refractivity contribution in [3.05, 3.63) is 35.9 Å². The average Bonchev–Trinajstić information content (AvgIpc) is 2.92. The van der Waals surface area contributed by atoms with Gasteiger partial charge in [0.1, 0.15) is 5.82 Å². The number of carbonyl (C=O) groups excluding carboxylic acids is 1. The van der Waals surface area contributed by atoms with Crippen LogP contribution in [0, 0.1) is 18.8 Å². The standard InChI is InChI=1S/C20H26N4O/c1-14-21-17(19-5-2-3-8-23(14)19)13-22-10-15-9-16(12-22)18-6-4-7-20(25)24(18)11-15/h2-3,5,8,15-16,18H,4,6-7,9-13H2,1H3/t15-,16-,18+/m1/s1. The quantitative estimate of drug-likeness (QED) is 0.845. The lowest BCUT2D eigenvalue weighted by molar-refractivity contribution is -0.145. The van der Waals surface area contributed by atoms with Gasteiger partial charge in [-0.1, -0.05) is 6.07 Å². The topological polar surface area (TPSA) is 40.9 Å². The molecule has 3 aliphatic rings. The van der Waals surface area contributed by atoms with Crippen molar-refractivity contribution in [1.82, 2.24) is 19.2 Å². The lowest BCUT2D eigenvalue weighted by atomic mass is 9.76. The van der Waals surface area contributed by atoms with Crippen LogP contribution in [0.4, 0.5) is 0 Å². The Labute approximate surface area is 148 Å². The van der Waals surface area contributed by atoms with Crippen molar-refractivity contribution in [2.24, 2.45) is 11.8 Å². The van der Waals surface area contributed by atoms with Gasteiger partial charge in [-0.2, -0.15) is 0 Å². The van der Waals surface area contributed by atoms with Crippen LogP contribution in [0.15, 0.2) is 24.4 Å². The van der Waals surface area contributed by atoms with E-state index in [4.69, 9.17) is 4.98 Å². The van der Waals surface area contributed by atoms with Crippen LogP contribution in [-0.2, 0) is 11.3 Å². The highest BCUT2D eigenvalue weighted by atomic mass is 16.2. The summed E-state index contributed by atoms with van der Waals surface area (Å²) >= 11 is 0. The number of imidazole rings is 1. The molecule has 0 radical (unpaired) electrons. The number of aromatic nitrogens is 2. The molecule has 132 valence electrons. The summed E-state index contributed by atoms with van der Waals surface area (Å²) in [6, 6.07) is 6.81. The Hall–Kier alpha value is -1.88. The molecule has 2 aromatic rings. The van der Waals surface area contributed by atoms with Crippen molar-refractivity contribution >= 4 is 11.4 Å². The number of hydrogen-bond acceptors (Lipinski definition) is 3. The van der Waals surface area contributed by atoms with Crippen molar-refractivity contribution < 1.29 is 4.79 Å². The summed E-state index contributed by atoms with van der Waals surface area (Å²) in [6.07, 6.45) is 6.43. The second-order valence-corrected chi connectivity index (χ2v) is 8.12. The first kappa shape index (κ1) is 15.4. The van der Waals surface area contributed by atoms with E-state index in [1.165, 1.54) is 24.1 Å². The lowest BCUT2D eigenvalue weighted by Crippen LogP contribution is -2.60. The number of pyridine rings is 1. The third kappa shape index (κ3) is 2.56. The molecule has 3 aliphatic heterocycles. The molecule has 2 bridgehead atoms. The highest BCUT2D eigenvalue weighted by Crippen LogP contribution is 2.38. The van der Waals surface area contributed by atoms with Crippen LogP contribution in [0.5, 0.6) is 0 Å². The smallest absolute Gasteiger partial charge is 0.222 e. The summed E-state index contributed by atoms with van der Waals surface area (Å²) in [4.78, 5) is 21.9. The molecule has 5 heterocycles. The van der Waals surface area contributed by atoms with E-state index < -0.39 is 0 Å². The Balaban J connectivity index is 1.37. The molecule has 0 spiro atoms. The van der Waals surface area contributed by atoms with Crippen LogP contribution >= 0.6 is 0 Å². The SMILES string of the molecule is Cc1nc(CN2C[C@H]3C[C@H](C2)[C@@H]2CCCC(=O)N2C3)c2ccccn12. The molecule has 0 unspecified atom stereocenters. The number of fused-ring (bicyclic) bond motifs is 5. The third-order valence-corrected chi connectivity index (χ3v) is 6.43. The van der Waals surface area contributed by atoms with Crippen LogP contribution in [0.1, 0.15) is 37.2 Å². The van der Waals surface area contributed by atoms with Crippen LogP contribution in [0.2, 0.25) is 0 Å². The molecule has 2 aromatic heterocycles. The maximum absolute atomic E-state index is 12.3. The summed E-state index contributed by atoms with van der Waals surface area (Å²) in [6.45, 7) is 6.18. The Bertz CT molecular complexity index is 813. The number of hydrogen-bond donors (Lipinski definition) is 0. The number of nitrogens with zero attached hydrogens (tertiary/aromatic N) is 4. The van der Waals surface area contributed by atoms with E-state index in [9.17, 15) is 4.79 Å². The van der Waals surface area contributed by atoms with Crippen molar-refractivity contribution in [2.45, 2.75) is 45.2 Å². The van der Waals surface area contributed by atoms with Crippen molar-refractivity contribution in [3.63, 3.8) is 0 Å². The van der Waals surface area contributed by atoms with Crippen molar-refractivity contribution in [2.75, 3.05) is 19.6 Å². The zero-order chi connectivity index (χ0) is 17.0. The molecule has 0 aliphatic carbocycles. The number of likely N-dealkylation sites (tertiary alicyclic amines) is 1. The number of amides is 1. The van der Waals surface area contributed by atoms with Gasteiger partial charge >= 0.3 is 0 Å². The third-order valence-electron chi connectivity index (χ3n) is 6.43. The Morgan fingerprint density at radius 2 is 2.16 bits per heavy atom. The number of aryl methyl sites for hydroxylation is 1. The van der Waals surface area contributed by atoms with E-state index in [0.29, 0.717) is 23.8 Å². The van der Waals surface area contributed by atoms with Crippen molar-refractivity contribution in [3.8, 4) is 0 Å². The van der Waals surface area contributed by atoms with Crippen LogP contribution in [0.3, 0.4) is 0 Å². The molecule has 3 saturated heterocycles. The predicted molar refractivity (Wildman–Crippen MR) is 96.2 cm³/mol. The number of piperidine rings is 3. The van der Waals surface area contributed by atoms with Gasteiger partial charge in [-0.15, -0.1) is 0 Å². The molecular weight excluding hydrogens is 312 g/mol. The summed E-state index contributed by atoms with van der Waals surface area (Å²) in [5.41, 5.74) is 2.42. The van der Waals surface area contributed by atoms with E-state index in [1.54, 1.807) is 0 Å². The van der Waals surface area contributed by atoms with E-state index in [-0.39, 0.29) is 0 Å². The Kier molecular flexibility index (Phi) is 3.59. The first-order valence-corrected chi connectivity index (χ1v) is 9.63. The fourth-order valence-electron chi connectivity index (χ4n) is 5.44. The molecule has 25 heavy (non-hydrogen) atoms. The Morgan fingerprint density at radius 1 is 1.24 bits per heavy atom. The van der Waals surface area contributed by atoms with Crippen LogP contribution in [0.25, 0.3) is 5.52 Å². The van der Waals surface area contributed by atoms with Gasteiger partial charge in [0.25, 0.3) is 0 Å². The normalized spacial score (nSPS) is 29.9. The van der Waals surface area contributed by atoms with Gasteiger partial charge in [0, 0.05) is 44.8 Å². The fraction of sp³-hybridized carbons (Fsp3) is 0.600. The summed E-state index contributed by atoms with van der Waals surface area (Å²) in [7, 11) is 0. The van der Waals surface area contributed by atoms with Gasteiger partial charge in [0.05, 0.1) is 11.2 Å². The minimum absolute atomic E-state index is 0.398. The Morgan fingerprint density at radius 3 is 3.08 bits per heavy atom. The maximum Gasteiger partial charge on any atom is 0.222 e. The molecule has 0 saturated carbocycles. The minimum atomic E-state index is 0.398. The number of carbonyl (C=O) groups is 1. The van der Waals surface area contributed by atoms with Crippen LogP contribution < -0.4 is 0 Å². The number of rotatable bonds is 2. The fourth-order valence-corrected chi connectivity index (χ4v) is 5.44. The van der Waals surface area contributed by atoms with Gasteiger partial charge in [-0.3, -0.25) is 9.69 Å². The molecular formula is C20H26N4O. The average molecular weight is 338 g/mol. The van der Waals surface area contributed by atoms with E-state index >= 15 is 0 Å². The highest BCUT2D eigenvalue weighted by molar-refractivity contribution is 5.77. The molecule has 5 nitrogen and oxygen atoms in total. The molecule has 5 heteroatoms. The second kappa shape index (κ2) is 5.84.